The lowest BCUT2D eigenvalue weighted by Gasteiger charge is -2.09. The Kier molecular flexibility index (Phi) is 3.14. The fraction of sp³-hybridized carbons (Fsp3) is 0.0769. The van der Waals surface area contributed by atoms with Gasteiger partial charge in [0.2, 0.25) is 0 Å². The van der Waals surface area contributed by atoms with Crippen LogP contribution in [-0.2, 0) is 0 Å². The molecule has 0 radical (unpaired) electrons. The molecule has 2 rings (SSSR count). The minimum Gasteiger partial charge on any atom is -0.497 e. The summed E-state index contributed by atoms with van der Waals surface area (Å²) in [5, 5.41) is 3.06. The molecule has 0 unspecified atom stereocenters. The molecule has 0 amide bonds. The molecule has 0 aliphatic rings. The standard InChI is InChI=1S/C13H13FN2O/c1-17-13-6-9(14)5-12(8-13)16-11-4-2-3-10(15)7-11/h2-8,16H,15H2,1H3. The number of nitrogens with one attached hydrogen (secondary N) is 1. The maximum Gasteiger partial charge on any atom is 0.128 e. The van der Waals surface area contributed by atoms with Crippen LogP contribution in [0, 0.1) is 5.82 Å². The topological polar surface area (TPSA) is 47.3 Å². The lowest BCUT2D eigenvalue weighted by atomic mass is 10.2. The van der Waals surface area contributed by atoms with Gasteiger partial charge >= 0.3 is 0 Å². The Labute approximate surface area is 99.0 Å². The third-order valence-electron chi connectivity index (χ3n) is 2.28. The number of nitrogens with two attached hydrogens (primary N) is 1. The van der Waals surface area contributed by atoms with Gasteiger partial charge in [0.05, 0.1) is 7.11 Å². The summed E-state index contributed by atoms with van der Waals surface area (Å²) in [5.41, 5.74) is 7.73. The number of halogens is 1. The van der Waals surface area contributed by atoms with Gasteiger partial charge in [0.15, 0.2) is 0 Å². The molecule has 3 nitrogen and oxygen atoms in total. The second kappa shape index (κ2) is 4.74. The molecule has 3 N–H and O–H groups in total. The molecule has 2 aromatic carbocycles. The van der Waals surface area contributed by atoms with Crippen molar-refractivity contribution in [3.8, 4) is 5.75 Å². The van der Waals surface area contributed by atoms with E-state index in [0.29, 0.717) is 17.1 Å². The average Bonchev–Trinajstić information content (AvgIpc) is 2.28. The lowest BCUT2D eigenvalue weighted by Crippen LogP contribution is -1.94. The molecule has 0 atom stereocenters. The molecule has 2 aromatic rings. The molecule has 0 bridgehead atoms. The van der Waals surface area contributed by atoms with Gasteiger partial charge in [0.25, 0.3) is 0 Å². The summed E-state index contributed by atoms with van der Waals surface area (Å²) in [6.07, 6.45) is 0. The zero-order valence-corrected chi connectivity index (χ0v) is 9.41. The zero-order chi connectivity index (χ0) is 12.3. The zero-order valence-electron chi connectivity index (χ0n) is 9.41. The summed E-state index contributed by atoms with van der Waals surface area (Å²) in [5.74, 6) is 0.118. The van der Waals surface area contributed by atoms with Gasteiger partial charge in [-0.15, -0.1) is 0 Å². The summed E-state index contributed by atoms with van der Waals surface area (Å²) in [7, 11) is 1.50. The number of ether oxygens (including phenoxy) is 1. The summed E-state index contributed by atoms with van der Waals surface area (Å²) >= 11 is 0. The van der Waals surface area contributed by atoms with Crippen LogP contribution in [0.5, 0.6) is 5.75 Å². The fourth-order valence-electron chi connectivity index (χ4n) is 1.54. The number of nitrogen functional groups attached to an aromatic ring is 1. The second-order valence-corrected chi connectivity index (χ2v) is 3.63. The number of benzene rings is 2. The highest BCUT2D eigenvalue weighted by molar-refractivity contribution is 5.64. The van der Waals surface area contributed by atoms with Crippen molar-refractivity contribution in [3.05, 3.63) is 48.3 Å². The van der Waals surface area contributed by atoms with Crippen LogP contribution in [0.2, 0.25) is 0 Å². The van der Waals surface area contributed by atoms with Gasteiger partial charge in [-0.1, -0.05) is 6.07 Å². The van der Waals surface area contributed by atoms with E-state index in [1.54, 1.807) is 18.2 Å². The molecule has 17 heavy (non-hydrogen) atoms. The van der Waals surface area contributed by atoms with E-state index in [1.165, 1.54) is 19.2 Å². The van der Waals surface area contributed by atoms with E-state index in [1.807, 2.05) is 12.1 Å². The van der Waals surface area contributed by atoms with E-state index in [9.17, 15) is 4.39 Å². The van der Waals surface area contributed by atoms with Gasteiger partial charge < -0.3 is 15.8 Å². The van der Waals surface area contributed by atoms with Crippen molar-refractivity contribution in [1.29, 1.82) is 0 Å². The number of rotatable bonds is 3. The number of hydrogen-bond acceptors (Lipinski definition) is 3. The molecular formula is C13H13FN2O. The monoisotopic (exact) mass is 232 g/mol. The molecule has 0 aliphatic carbocycles. The van der Waals surface area contributed by atoms with Gasteiger partial charge in [-0.2, -0.15) is 0 Å². The van der Waals surface area contributed by atoms with Crippen LogP contribution < -0.4 is 15.8 Å². The van der Waals surface area contributed by atoms with Crippen molar-refractivity contribution in [2.45, 2.75) is 0 Å². The third kappa shape index (κ3) is 2.87. The molecular weight excluding hydrogens is 219 g/mol. The normalized spacial score (nSPS) is 10.0. The highest BCUT2D eigenvalue weighted by Crippen LogP contribution is 2.24. The highest BCUT2D eigenvalue weighted by atomic mass is 19.1. The quantitative estimate of drug-likeness (QED) is 0.799. The van der Waals surface area contributed by atoms with Crippen LogP contribution >= 0.6 is 0 Å². The van der Waals surface area contributed by atoms with Crippen molar-refractivity contribution < 1.29 is 9.13 Å². The second-order valence-electron chi connectivity index (χ2n) is 3.63. The van der Waals surface area contributed by atoms with E-state index < -0.39 is 0 Å². The van der Waals surface area contributed by atoms with Crippen molar-refractivity contribution >= 4 is 17.1 Å². The van der Waals surface area contributed by atoms with Crippen LogP contribution in [0.25, 0.3) is 0 Å². The van der Waals surface area contributed by atoms with Crippen molar-refractivity contribution in [2.24, 2.45) is 0 Å². The molecule has 4 heteroatoms. The molecule has 88 valence electrons. The first kappa shape index (κ1) is 11.3. The maximum absolute atomic E-state index is 13.3. The maximum atomic E-state index is 13.3. The predicted octanol–water partition coefficient (Wildman–Crippen LogP) is 3.16. The van der Waals surface area contributed by atoms with E-state index >= 15 is 0 Å². The highest BCUT2D eigenvalue weighted by Gasteiger charge is 2.01. The first-order valence-electron chi connectivity index (χ1n) is 5.14. The van der Waals surface area contributed by atoms with E-state index in [0.717, 1.165) is 5.69 Å². The van der Waals surface area contributed by atoms with Crippen LogP contribution in [0.3, 0.4) is 0 Å². The van der Waals surface area contributed by atoms with E-state index in [4.69, 9.17) is 10.5 Å². The predicted molar refractivity (Wildman–Crippen MR) is 67.1 cm³/mol. The van der Waals surface area contributed by atoms with Gasteiger partial charge in [0, 0.05) is 29.2 Å². The van der Waals surface area contributed by atoms with Gasteiger partial charge in [-0.3, -0.25) is 0 Å². The molecule has 0 fully saturated rings. The van der Waals surface area contributed by atoms with E-state index in [-0.39, 0.29) is 5.82 Å². The summed E-state index contributed by atoms with van der Waals surface area (Å²) in [6.45, 7) is 0. The Morgan fingerprint density at radius 2 is 1.94 bits per heavy atom. The van der Waals surface area contributed by atoms with Crippen molar-refractivity contribution in [2.75, 3.05) is 18.2 Å². The SMILES string of the molecule is COc1cc(F)cc(Nc2cccc(N)c2)c1. The first-order chi connectivity index (χ1) is 8.17. The summed E-state index contributed by atoms with van der Waals surface area (Å²) in [6, 6.07) is 11.7. The summed E-state index contributed by atoms with van der Waals surface area (Å²) < 4.78 is 18.2. The third-order valence-corrected chi connectivity index (χ3v) is 2.28. The van der Waals surface area contributed by atoms with Crippen LogP contribution in [-0.4, -0.2) is 7.11 Å². The minimum absolute atomic E-state index is 0.351. The Balaban J connectivity index is 2.26. The van der Waals surface area contributed by atoms with Gasteiger partial charge in [0.1, 0.15) is 11.6 Å². The molecule has 0 saturated carbocycles. The van der Waals surface area contributed by atoms with Gasteiger partial charge in [-0.05, 0) is 24.3 Å². The number of anilines is 3. The Morgan fingerprint density at radius 3 is 2.65 bits per heavy atom. The largest absolute Gasteiger partial charge is 0.497 e. The fourth-order valence-corrected chi connectivity index (χ4v) is 1.54. The lowest BCUT2D eigenvalue weighted by molar-refractivity contribution is 0.411. The molecule has 0 heterocycles. The van der Waals surface area contributed by atoms with E-state index in [2.05, 4.69) is 5.32 Å². The summed E-state index contributed by atoms with van der Waals surface area (Å²) in [4.78, 5) is 0. The van der Waals surface area contributed by atoms with Gasteiger partial charge in [-0.25, -0.2) is 4.39 Å². The molecule has 0 saturated heterocycles. The Bertz CT molecular complexity index is 529. The van der Waals surface area contributed by atoms with Crippen molar-refractivity contribution in [3.63, 3.8) is 0 Å². The van der Waals surface area contributed by atoms with Crippen LogP contribution in [0.1, 0.15) is 0 Å². The average molecular weight is 232 g/mol. The first-order valence-corrected chi connectivity index (χ1v) is 5.14. The molecule has 0 aromatic heterocycles. The van der Waals surface area contributed by atoms with Crippen molar-refractivity contribution in [1.82, 2.24) is 0 Å². The number of hydrogen-bond donors (Lipinski definition) is 2. The smallest absolute Gasteiger partial charge is 0.128 e. The minimum atomic E-state index is -0.351. The number of methoxy groups -OCH3 is 1. The Hall–Kier alpha value is -2.23. The molecule has 0 aliphatic heterocycles. The van der Waals surface area contributed by atoms with Crippen LogP contribution in [0.15, 0.2) is 42.5 Å². The van der Waals surface area contributed by atoms with Crippen LogP contribution in [0.4, 0.5) is 21.5 Å². The molecule has 0 spiro atoms. The Morgan fingerprint density at radius 1 is 1.12 bits per heavy atom.